The zero-order valence-corrected chi connectivity index (χ0v) is 19.4. The minimum absolute atomic E-state index is 0.0791. The number of nitrogens with zero attached hydrogens (tertiary/aromatic N) is 3. The van der Waals surface area contributed by atoms with Crippen LogP contribution in [0.2, 0.25) is 0 Å². The van der Waals surface area contributed by atoms with Crippen LogP contribution in [0.1, 0.15) is 23.7 Å². The van der Waals surface area contributed by atoms with Gasteiger partial charge in [-0.3, -0.25) is 19.2 Å². The van der Waals surface area contributed by atoms with Crippen molar-refractivity contribution in [2.45, 2.75) is 18.9 Å². The fourth-order valence-corrected chi connectivity index (χ4v) is 6.85. The summed E-state index contributed by atoms with van der Waals surface area (Å²) in [5.74, 6) is 0.677. The van der Waals surface area contributed by atoms with Crippen LogP contribution >= 0.6 is 7.67 Å². The van der Waals surface area contributed by atoms with E-state index in [2.05, 4.69) is 0 Å². The van der Waals surface area contributed by atoms with Crippen molar-refractivity contribution in [1.29, 1.82) is 0 Å². The Kier molecular flexibility index (Phi) is 5.26. The minimum Gasteiger partial charge on any atom is -0.450 e. The average molecular weight is 477 g/mol. The van der Waals surface area contributed by atoms with Crippen molar-refractivity contribution in [3.05, 3.63) is 88.0 Å². The van der Waals surface area contributed by atoms with Crippen molar-refractivity contribution < 1.29 is 18.7 Å². The summed E-state index contributed by atoms with van der Waals surface area (Å²) in [4.78, 5) is 11.4. The molecular formula is C25H24N3O5P. The van der Waals surface area contributed by atoms with Gasteiger partial charge in [0.05, 0.1) is 11.0 Å². The van der Waals surface area contributed by atoms with Crippen molar-refractivity contribution in [3.8, 4) is 22.6 Å². The normalized spacial score (nSPS) is 19.6. The maximum absolute atomic E-state index is 13.5. The summed E-state index contributed by atoms with van der Waals surface area (Å²) in [5, 5.41) is 11.8. The van der Waals surface area contributed by atoms with E-state index in [-0.39, 0.29) is 17.5 Å². The second-order valence-electron chi connectivity index (χ2n) is 8.80. The van der Waals surface area contributed by atoms with Gasteiger partial charge >= 0.3 is 13.4 Å². The Morgan fingerprint density at radius 1 is 0.912 bits per heavy atom. The highest BCUT2D eigenvalue weighted by molar-refractivity contribution is 7.54. The van der Waals surface area contributed by atoms with Crippen molar-refractivity contribution in [2.75, 3.05) is 26.2 Å². The van der Waals surface area contributed by atoms with Crippen LogP contribution in [0.25, 0.3) is 11.1 Å². The van der Waals surface area contributed by atoms with Crippen LogP contribution in [-0.2, 0) is 15.5 Å². The Labute approximate surface area is 197 Å². The lowest BCUT2D eigenvalue weighted by molar-refractivity contribution is -0.385. The lowest BCUT2D eigenvalue weighted by Gasteiger charge is -2.24. The lowest BCUT2D eigenvalue weighted by Crippen LogP contribution is -2.11. The molecule has 6 rings (SSSR count). The zero-order valence-electron chi connectivity index (χ0n) is 18.5. The standard InChI is InChI=1S/C25H24N3O5P/c29-28(30)23-16-20-9-10-24(33-34(31,26-11-12-26)27-13-14-27)22(20)17-25(23)32-21-8-4-7-19(15-21)18-5-2-1-3-6-18/h1-8,15-17,24H,9-14H2/t24-/m1/s1. The van der Waals surface area contributed by atoms with Gasteiger partial charge in [-0.1, -0.05) is 42.5 Å². The molecule has 3 aromatic rings. The Morgan fingerprint density at radius 3 is 2.29 bits per heavy atom. The second-order valence-corrected chi connectivity index (χ2v) is 11.1. The van der Waals surface area contributed by atoms with Gasteiger partial charge in [0.2, 0.25) is 5.75 Å². The van der Waals surface area contributed by atoms with Crippen molar-refractivity contribution in [1.82, 2.24) is 9.34 Å². The van der Waals surface area contributed by atoms with E-state index in [1.807, 2.05) is 57.9 Å². The number of benzene rings is 3. The summed E-state index contributed by atoms with van der Waals surface area (Å²) < 4.78 is 29.6. The van der Waals surface area contributed by atoms with Gasteiger partial charge in [0.25, 0.3) is 0 Å². The van der Waals surface area contributed by atoms with E-state index in [4.69, 9.17) is 9.26 Å². The Balaban J connectivity index is 1.32. The number of aryl methyl sites for hydroxylation is 1. The van der Waals surface area contributed by atoms with E-state index < -0.39 is 12.6 Å². The van der Waals surface area contributed by atoms with Crippen LogP contribution < -0.4 is 4.74 Å². The summed E-state index contributed by atoms with van der Waals surface area (Å²) in [5.41, 5.74) is 3.59. The molecule has 2 saturated heterocycles. The first-order valence-electron chi connectivity index (χ1n) is 11.4. The van der Waals surface area contributed by atoms with Crippen LogP contribution in [0.4, 0.5) is 5.69 Å². The van der Waals surface area contributed by atoms with E-state index in [0.29, 0.717) is 18.6 Å². The van der Waals surface area contributed by atoms with E-state index in [0.717, 1.165) is 48.4 Å². The molecule has 2 aliphatic heterocycles. The van der Waals surface area contributed by atoms with Gasteiger partial charge in [-0.15, -0.1) is 0 Å². The van der Waals surface area contributed by atoms with Crippen LogP contribution in [0.15, 0.2) is 66.7 Å². The third-order valence-electron chi connectivity index (χ3n) is 6.44. The Morgan fingerprint density at radius 2 is 1.62 bits per heavy atom. The van der Waals surface area contributed by atoms with Crippen LogP contribution in [0, 0.1) is 10.1 Å². The molecule has 2 fully saturated rings. The first-order chi connectivity index (χ1) is 16.5. The largest absolute Gasteiger partial charge is 0.450 e. The molecule has 0 N–H and O–H groups in total. The molecule has 3 aromatic carbocycles. The van der Waals surface area contributed by atoms with E-state index in [9.17, 15) is 14.7 Å². The molecular weight excluding hydrogens is 453 g/mol. The molecule has 34 heavy (non-hydrogen) atoms. The number of nitro groups is 1. The Hall–Kier alpha value is -3.03. The molecule has 0 spiro atoms. The van der Waals surface area contributed by atoms with Crippen LogP contribution in [0.3, 0.4) is 0 Å². The molecule has 1 atom stereocenters. The summed E-state index contributed by atoms with van der Waals surface area (Å²) in [6.45, 7) is 3.11. The van der Waals surface area contributed by atoms with Gasteiger partial charge in [0, 0.05) is 32.2 Å². The van der Waals surface area contributed by atoms with E-state index >= 15 is 0 Å². The summed E-state index contributed by atoms with van der Waals surface area (Å²) >= 11 is 0. The highest BCUT2D eigenvalue weighted by atomic mass is 31.2. The SMILES string of the molecule is O=[N+]([O-])c1cc2c(cc1Oc1cccc(-c3ccccc3)c1)[C@H](OP(=O)(N1CC1)N1CC1)CC2. The number of nitro benzene ring substituents is 1. The summed E-state index contributed by atoms with van der Waals surface area (Å²) in [6.07, 6.45) is 0.913. The monoisotopic (exact) mass is 477 g/mol. The third kappa shape index (κ3) is 4.03. The molecule has 3 aliphatic rings. The molecule has 1 aliphatic carbocycles. The highest BCUT2D eigenvalue weighted by Gasteiger charge is 2.51. The van der Waals surface area contributed by atoms with Crippen molar-refractivity contribution in [2.24, 2.45) is 0 Å². The third-order valence-corrected chi connectivity index (χ3v) is 9.19. The smallest absolute Gasteiger partial charge is 0.346 e. The van der Waals surface area contributed by atoms with Gasteiger partial charge in [-0.2, -0.15) is 0 Å². The molecule has 0 unspecified atom stereocenters. The molecule has 174 valence electrons. The molecule has 8 nitrogen and oxygen atoms in total. The predicted molar refractivity (Wildman–Crippen MR) is 128 cm³/mol. The number of rotatable bonds is 8. The van der Waals surface area contributed by atoms with Crippen LogP contribution in [0.5, 0.6) is 11.5 Å². The quantitative estimate of drug-likeness (QED) is 0.176. The number of hydrogen-bond acceptors (Lipinski definition) is 5. The molecule has 0 bridgehead atoms. The lowest BCUT2D eigenvalue weighted by atomic mass is 10.1. The number of fused-ring (bicyclic) bond motifs is 1. The average Bonchev–Trinajstić information content (AvgIpc) is 3.76. The fraction of sp³-hybridized carbons (Fsp3) is 0.280. The molecule has 0 radical (unpaired) electrons. The molecule has 0 aromatic heterocycles. The van der Waals surface area contributed by atoms with Gasteiger partial charge in [-0.05, 0) is 53.3 Å². The van der Waals surface area contributed by atoms with Gasteiger partial charge in [0.1, 0.15) is 5.75 Å². The van der Waals surface area contributed by atoms with E-state index in [1.165, 1.54) is 0 Å². The summed E-state index contributed by atoms with van der Waals surface area (Å²) in [7, 11) is -3.01. The fourth-order valence-electron chi connectivity index (χ4n) is 4.49. The molecule has 2 heterocycles. The van der Waals surface area contributed by atoms with Gasteiger partial charge in [-0.25, -0.2) is 9.34 Å². The number of hydrogen-bond donors (Lipinski definition) is 0. The molecule has 0 saturated carbocycles. The maximum Gasteiger partial charge on any atom is 0.346 e. The highest BCUT2D eigenvalue weighted by Crippen LogP contribution is 2.64. The van der Waals surface area contributed by atoms with Gasteiger partial charge in [0.15, 0.2) is 0 Å². The Bertz CT molecular complexity index is 1290. The predicted octanol–water partition coefficient (Wildman–Crippen LogP) is 5.80. The second kappa shape index (κ2) is 8.32. The molecule has 0 amide bonds. The first kappa shape index (κ1) is 21.5. The summed E-state index contributed by atoms with van der Waals surface area (Å²) in [6, 6.07) is 20.7. The zero-order chi connectivity index (χ0) is 23.3. The maximum atomic E-state index is 13.5. The first-order valence-corrected chi connectivity index (χ1v) is 13.0. The topological polar surface area (TPSA) is 84.7 Å². The van der Waals surface area contributed by atoms with Crippen molar-refractivity contribution >= 4 is 13.4 Å². The minimum atomic E-state index is -3.01. The number of ether oxygens (including phenoxy) is 1. The molecule has 9 heteroatoms. The van der Waals surface area contributed by atoms with Gasteiger partial charge < -0.3 is 4.74 Å². The van der Waals surface area contributed by atoms with Crippen molar-refractivity contribution in [3.63, 3.8) is 0 Å². The van der Waals surface area contributed by atoms with E-state index in [1.54, 1.807) is 18.2 Å². The van der Waals surface area contributed by atoms with Crippen LogP contribution in [-0.4, -0.2) is 40.4 Å².